The average Bonchev–Trinajstić information content (AvgIpc) is 2.41. The lowest BCUT2D eigenvalue weighted by molar-refractivity contribution is -0.673. The van der Waals surface area contributed by atoms with Gasteiger partial charge in [-0.1, -0.05) is 13.0 Å². The van der Waals surface area contributed by atoms with Crippen LogP contribution in [0.15, 0.2) is 36.5 Å². The maximum absolute atomic E-state index is 9.43. The van der Waals surface area contributed by atoms with Crippen LogP contribution in [0.3, 0.4) is 0 Å². The lowest BCUT2D eigenvalue weighted by Crippen LogP contribution is -3.00. The largest absolute Gasteiger partial charge is 1.00 e. The highest BCUT2D eigenvalue weighted by Crippen LogP contribution is 2.25. The molecule has 0 radical (unpaired) electrons. The normalized spacial score (nSPS) is 10.5. The van der Waals surface area contributed by atoms with Gasteiger partial charge in [-0.25, -0.2) is 4.57 Å². The van der Waals surface area contributed by atoms with E-state index in [-0.39, 0.29) is 35.5 Å². The number of hydrogen-bond donors (Lipinski definition) is 2. The molecule has 20 heavy (non-hydrogen) atoms. The monoisotopic (exact) mass is 383 g/mol. The minimum atomic E-state index is -0.104. The van der Waals surface area contributed by atoms with Gasteiger partial charge < -0.3 is 34.2 Å². The highest BCUT2D eigenvalue weighted by molar-refractivity contribution is 5.68. The van der Waals surface area contributed by atoms with Crippen LogP contribution in [0.4, 0.5) is 0 Å². The molecule has 3 nitrogen and oxygen atoms in total. The summed E-state index contributed by atoms with van der Waals surface area (Å²) >= 11 is 0. The van der Waals surface area contributed by atoms with Gasteiger partial charge in [0.2, 0.25) is 5.69 Å². The van der Waals surface area contributed by atoms with Crippen molar-refractivity contribution in [2.24, 2.45) is 7.05 Å². The molecule has 0 aliphatic rings. The first-order chi connectivity index (χ1) is 9.10. The number of aromatic hydroxyl groups is 2. The van der Waals surface area contributed by atoms with Crippen molar-refractivity contribution in [3.8, 4) is 11.5 Å². The molecule has 1 aromatic heterocycles. The highest BCUT2D eigenvalue weighted by Gasteiger charge is 2.04. The van der Waals surface area contributed by atoms with Crippen molar-refractivity contribution >= 4 is 12.2 Å². The van der Waals surface area contributed by atoms with Crippen LogP contribution in [0, 0.1) is 0 Å². The van der Waals surface area contributed by atoms with Gasteiger partial charge in [0, 0.05) is 17.7 Å². The van der Waals surface area contributed by atoms with E-state index in [1.54, 1.807) is 6.07 Å². The van der Waals surface area contributed by atoms with Gasteiger partial charge in [-0.05, 0) is 36.3 Å². The summed E-state index contributed by atoms with van der Waals surface area (Å²) in [4.78, 5) is 0. The Morgan fingerprint density at radius 3 is 2.40 bits per heavy atom. The van der Waals surface area contributed by atoms with E-state index < -0.39 is 0 Å². The van der Waals surface area contributed by atoms with Crippen LogP contribution < -0.4 is 28.5 Å². The second-order valence-corrected chi connectivity index (χ2v) is 4.51. The minimum Gasteiger partial charge on any atom is -1.00 e. The number of phenols is 2. The number of rotatable bonds is 3. The zero-order valence-corrected chi connectivity index (χ0v) is 13.7. The molecule has 0 amide bonds. The van der Waals surface area contributed by atoms with Crippen LogP contribution >= 0.6 is 0 Å². The third-order valence-electron chi connectivity index (χ3n) is 3.09. The Kier molecular flexibility index (Phi) is 6.01. The fourth-order valence-corrected chi connectivity index (χ4v) is 1.88. The number of nitrogens with zero attached hydrogens (tertiary/aromatic N) is 1. The maximum atomic E-state index is 9.43. The summed E-state index contributed by atoms with van der Waals surface area (Å²) < 4.78 is 2.07. The minimum absolute atomic E-state index is 0. The molecule has 0 unspecified atom stereocenters. The lowest BCUT2D eigenvalue weighted by Gasteiger charge is -1.99. The van der Waals surface area contributed by atoms with Gasteiger partial charge in [0.05, 0.1) is 0 Å². The first-order valence-electron chi connectivity index (χ1n) is 6.28. The number of pyridine rings is 1. The number of halogens is 1. The molecule has 0 saturated carbocycles. The summed E-state index contributed by atoms with van der Waals surface area (Å²) in [7, 11) is 2.01. The molecule has 0 saturated heterocycles. The SMILES string of the molecule is CCc1ccc(/C=C\c2ccc(O)c(O)c2)[n+](C)c1.[I-]. The summed E-state index contributed by atoms with van der Waals surface area (Å²) in [6.07, 6.45) is 7.00. The van der Waals surface area contributed by atoms with Gasteiger partial charge in [0.1, 0.15) is 7.05 Å². The van der Waals surface area contributed by atoms with Crippen LogP contribution in [-0.4, -0.2) is 10.2 Å². The Balaban J connectivity index is 0.00000200. The second kappa shape index (κ2) is 7.28. The van der Waals surface area contributed by atoms with E-state index in [1.807, 2.05) is 19.2 Å². The van der Waals surface area contributed by atoms with Crippen LogP contribution in [0.5, 0.6) is 11.5 Å². The summed E-state index contributed by atoms with van der Waals surface area (Å²) in [5.74, 6) is -0.206. The number of phenolic OH excluding ortho intramolecular Hbond substituents is 2. The van der Waals surface area contributed by atoms with E-state index >= 15 is 0 Å². The van der Waals surface area contributed by atoms with E-state index in [2.05, 4.69) is 29.8 Å². The van der Waals surface area contributed by atoms with E-state index in [0.717, 1.165) is 17.7 Å². The smallest absolute Gasteiger partial charge is 0.204 e. The van der Waals surface area contributed by atoms with Crippen molar-refractivity contribution in [3.63, 3.8) is 0 Å². The number of aromatic nitrogens is 1. The molecule has 0 fully saturated rings. The molecule has 1 aromatic carbocycles. The highest BCUT2D eigenvalue weighted by atomic mass is 127. The number of hydrogen-bond acceptors (Lipinski definition) is 2. The van der Waals surface area contributed by atoms with Gasteiger partial charge in [-0.2, -0.15) is 0 Å². The van der Waals surface area contributed by atoms with E-state index in [0.29, 0.717) is 0 Å². The molecule has 0 bridgehead atoms. The van der Waals surface area contributed by atoms with Crippen molar-refractivity contribution in [2.45, 2.75) is 13.3 Å². The molecular formula is C16H18INO2. The average molecular weight is 383 g/mol. The number of aryl methyl sites for hydroxylation is 2. The standard InChI is InChI=1S/C16H17NO2.HI/c1-3-12-4-7-14(17(2)11-12)8-5-13-6-9-15(18)16(19)10-13;/h4-11,19H,3H2,1-2H3;1H. The predicted octanol–water partition coefficient (Wildman–Crippen LogP) is -0.341. The van der Waals surface area contributed by atoms with Crippen LogP contribution in [0.1, 0.15) is 23.7 Å². The van der Waals surface area contributed by atoms with E-state index in [4.69, 9.17) is 0 Å². The first kappa shape index (κ1) is 16.5. The summed E-state index contributed by atoms with van der Waals surface area (Å²) in [6, 6.07) is 8.94. The van der Waals surface area contributed by atoms with Gasteiger partial charge in [-0.3, -0.25) is 0 Å². The molecule has 0 aliphatic carbocycles. The quantitative estimate of drug-likeness (QED) is 0.433. The van der Waals surface area contributed by atoms with Crippen molar-refractivity contribution in [1.82, 2.24) is 0 Å². The van der Waals surface area contributed by atoms with Crippen LogP contribution in [0.25, 0.3) is 12.2 Å². The molecule has 1 heterocycles. The van der Waals surface area contributed by atoms with Gasteiger partial charge >= 0.3 is 0 Å². The van der Waals surface area contributed by atoms with Crippen LogP contribution in [-0.2, 0) is 13.5 Å². The molecule has 2 N–H and O–H groups in total. The summed E-state index contributed by atoms with van der Waals surface area (Å²) in [6.45, 7) is 2.13. The lowest BCUT2D eigenvalue weighted by atomic mass is 10.1. The zero-order chi connectivity index (χ0) is 13.8. The van der Waals surface area contributed by atoms with E-state index in [9.17, 15) is 10.2 Å². The van der Waals surface area contributed by atoms with Gasteiger partial charge in [0.15, 0.2) is 17.7 Å². The Bertz CT molecular complexity index is 624. The molecule has 2 aromatic rings. The van der Waals surface area contributed by atoms with Crippen molar-refractivity contribution in [3.05, 3.63) is 53.3 Å². The Morgan fingerprint density at radius 1 is 1.05 bits per heavy atom. The molecule has 0 aliphatic heterocycles. The van der Waals surface area contributed by atoms with E-state index in [1.165, 1.54) is 17.7 Å². The van der Waals surface area contributed by atoms with Crippen molar-refractivity contribution in [1.29, 1.82) is 0 Å². The van der Waals surface area contributed by atoms with Crippen molar-refractivity contribution < 1.29 is 38.8 Å². The first-order valence-corrected chi connectivity index (χ1v) is 6.28. The molecular weight excluding hydrogens is 365 g/mol. The predicted molar refractivity (Wildman–Crippen MR) is 75.7 cm³/mol. The fourth-order valence-electron chi connectivity index (χ4n) is 1.88. The zero-order valence-electron chi connectivity index (χ0n) is 11.5. The fraction of sp³-hybridized carbons (Fsp3) is 0.188. The third kappa shape index (κ3) is 3.96. The Labute approximate surface area is 136 Å². The second-order valence-electron chi connectivity index (χ2n) is 4.51. The topological polar surface area (TPSA) is 44.3 Å². The third-order valence-corrected chi connectivity index (χ3v) is 3.09. The molecule has 106 valence electrons. The summed E-state index contributed by atoms with van der Waals surface area (Å²) in [5, 5.41) is 18.7. The van der Waals surface area contributed by atoms with Crippen molar-refractivity contribution in [2.75, 3.05) is 0 Å². The number of benzene rings is 1. The molecule has 2 rings (SSSR count). The van der Waals surface area contributed by atoms with Gasteiger partial charge in [-0.15, -0.1) is 0 Å². The Morgan fingerprint density at radius 2 is 1.80 bits per heavy atom. The maximum Gasteiger partial charge on any atom is 0.204 e. The molecule has 4 heteroatoms. The summed E-state index contributed by atoms with van der Waals surface area (Å²) in [5.41, 5.74) is 3.21. The molecule has 0 spiro atoms. The van der Waals surface area contributed by atoms with Crippen LogP contribution in [0.2, 0.25) is 0 Å². The molecule has 0 atom stereocenters. The Hall–Kier alpha value is -1.56. The van der Waals surface area contributed by atoms with Gasteiger partial charge in [0.25, 0.3) is 0 Å².